The van der Waals surface area contributed by atoms with Crippen LogP contribution < -0.4 is 9.47 Å². The van der Waals surface area contributed by atoms with Crippen molar-refractivity contribution in [2.24, 2.45) is 0 Å². The van der Waals surface area contributed by atoms with Crippen LogP contribution in [0, 0.1) is 0 Å². The number of hydrogen-bond donors (Lipinski definition) is 0. The Labute approximate surface area is 176 Å². The molecule has 0 spiro atoms. The van der Waals surface area contributed by atoms with Crippen molar-refractivity contribution in [2.45, 2.75) is 12.1 Å². The summed E-state index contributed by atoms with van der Waals surface area (Å²) in [4.78, 5) is 31.4. The second kappa shape index (κ2) is 8.75. The van der Waals surface area contributed by atoms with E-state index < -0.39 is 6.10 Å². The van der Waals surface area contributed by atoms with E-state index in [1.807, 2.05) is 54.6 Å². The normalized spacial score (nSPS) is 19.8. The summed E-state index contributed by atoms with van der Waals surface area (Å²) < 4.78 is 11.6. The second-order valence-electron chi connectivity index (χ2n) is 7.77. The lowest BCUT2D eigenvalue weighted by molar-refractivity contribution is -0.144. The first kappa shape index (κ1) is 20.2. The predicted octanol–water partition coefficient (Wildman–Crippen LogP) is 1.80. The maximum absolute atomic E-state index is 13.0. The van der Waals surface area contributed by atoms with E-state index in [1.54, 1.807) is 23.9 Å². The largest absolute Gasteiger partial charge is 0.485 e. The molecule has 2 aliphatic rings. The minimum Gasteiger partial charge on any atom is -0.485 e. The molecule has 0 unspecified atom stereocenters. The Morgan fingerprint density at radius 3 is 2.23 bits per heavy atom. The number of benzene rings is 2. The number of hydrogen-bond acceptors (Lipinski definition) is 5. The van der Waals surface area contributed by atoms with Crippen molar-refractivity contribution < 1.29 is 19.1 Å². The van der Waals surface area contributed by atoms with Crippen molar-refractivity contribution in [1.82, 2.24) is 14.7 Å². The Morgan fingerprint density at radius 2 is 1.57 bits per heavy atom. The monoisotopic (exact) mass is 409 g/mol. The van der Waals surface area contributed by atoms with Gasteiger partial charge in [-0.15, -0.1) is 0 Å². The smallest absolute Gasteiger partial charge is 0.267 e. The fourth-order valence-electron chi connectivity index (χ4n) is 3.93. The van der Waals surface area contributed by atoms with Gasteiger partial charge >= 0.3 is 0 Å². The van der Waals surface area contributed by atoms with Gasteiger partial charge in [-0.3, -0.25) is 14.5 Å². The van der Waals surface area contributed by atoms with Crippen LogP contribution in [0.5, 0.6) is 11.5 Å². The molecule has 2 aromatic carbocycles. The summed E-state index contributed by atoms with van der Waals surface area (Å²) in [6.45, 7) is 2.54. The first-order valence-corrected chi connectivity index (χ1v) is 10.2. The molecule has 7 nitrogen and oxygen atoms in total. The van der Waals surface area contributed by atoms with Crippen LogP contribution >= 0.6 is 0 Å². The van der Waals surface area contributed by atoms with Gasteiger partial charge in [-0.05, 0) is 17.7 Å². The summed E-state index contributed by atoms with van der Waals surface area (Å²) in [6.07, 6.45) is -0.639. The molecule has 7 heteroatoms. The minimum atomic E-state index is -0.639. The lowest BCUT2D eigenvalue weighted by atomic mass is 10.0. The van der Waals surface area contributed by atoms with Crippen LogP contribution in [0.4, 0.5) is 0 Å². The number of fused-ring (bicyclic) bond motifs is 1. The number of carbonyl (C=O) groups excluding carboxylic acids is 2. The number of rotatable bonds is 4. The Bertz CT molecular complexity index is 894. The highest BCUT2D eigenvalue weighted by Gasteiger charge is 2.36. The van der Waals surface area contributed by atoms with E-state index in [0.29, 0.717) is 37.7 Å². The molecule has 2 heterocycles. The van der Waals surface area contributed by atoms with E-state index in [-0.39, 0.29) is 24.5 Å². The molecule has 0 aliphatic carbocycles. The number of ether oxygens (including phenoxy) is 2. The van der Waals surface area contributed by atoms with E-state index in [9.17, 15) is 9.59 Å². The third kappa shape index (κ3) is 4.11. The van der Waals surface area contributed by atoms with Crippen molar-refractivity contribution in [2.75, 3.05) is 46.9 Å². The highest BCUT2D eigenvalue weighted by Crippen LogP contribution is 2.31. The fraction of sp³-hybridized carbons (Fsp3) is 0.391. The van der Waals surface area contributed by atoms with E-state index in [1.165, 1.54) is 0 Å². The quantitative estimate of drug-likeness (QED) is 0.771. The molecule has 2 atom stereocenters. The van der Waals surface area contributed by atoms with Crippen molar-refractivity contribution in [3.63, 3.8) is 0 Å². The van der Waals surface area contributed by atoms with Gasteiger partial charge in [-0.2, -0.15) is 0 Å². The van der Waals surface area contributed by atoms with Crippen molar-refractivity contribution in [3.05, 3.63) is 60.2 Å². The van der Waals surface area contributed by atoms with Crippen LogP contribution in [0.3, 0.4) is 0 Å². The van der Waals surface area contributed by atoms with E-state index >= 15 is 0 Å². The van der Waals surface area contributed by atoms with Gasteiger partial charge in [0.25, 0.3) is 5.91 Å². The Hall–Kier alpha value is -3.06. The standard InChI is InChI=1S/C23H27N3O4/c1-24(2)23(28)21(17-8-4-3-5-9-17)25-12-14-26(15-13-25)22(27)20-16-29-18-10-6-7-11-19(18)30-20/h3-11,20-21H,12-16H2,1-2H3/t20-,21-/m0/s1. The highest BCUT2D eigenvalue weighted by molar-refractivity contribution is 5.83. The van der Waals surface area contributed by atoms with Crippen LogP contribution in [0.2, 0.25) is 0 Å². The number of amides is 2. The SMILES string of the molecule is CN(C)C(=O)[C@H](c1ccccc1)N1CCN(C(=O)[C@@H]2COc3ccccc3O2)CC1. The van der Waals surface area contributed by atoms with Crippen LogP contribution in [0.1, 0.15) is 11.6 Å². The van der Waals surface area contributed by atoms with Crippen molar-refractivity contribution in [3.8, 4) is 11.5 Å². The fourth-order valence-corrected chi connectivity index (χ4v) is 3.93. The van der Waals surface area contributed by atoms with Crippen LogP contribution in [-0.2, 0) is 9.59 Å². The number of piperazine rings is 1. The topological polar surface area (TPSA) is 62.3 Å². The molecule has 2 aromatic rings. The molecule has 158 valence electrons. The molecule has 4 rings (SSSR count). The molecule has 30 heavy (non-hydrogen) atoms. The Balaban J connectivity index is 1.41. The third-order valence-corrected chi connectivity index (χ3v) is 5.57. The number of nitrogens with zero attached hydrogens (tertiary/aromatic N) is 3. The highest BCUT2D eigenvalue weighted by atomic mass is 16.6. The second-order valence-corrected chi connectivity index (χ2v) is 7.77. The Morgan fingerprint density at radius 1 is 0.933 bits per heavy atom. The van der Waals surface area contributed by atoms with E-state index in [2.05, 4.69) is 4.90 Å². The first-order valence-electron chi connectivity index (χ1n) is 10.2. The molecular formula is C23H27N3O4. The van der Waals surface area contributed by atoms with E-state index in [0.717, 1.165) is 5.56 Å². The summed E-state index contributed by atoms with van der Waals surface area (Å²) in [6, 6.07) is 16.8. The summed E-state index contributed by atoms with van der Waals surface area (Å²) in [7, 11) is 3.55. The number of carbonyl (C=O) groups is 2. The summed E-state index contributed by atoms with van der Waals surface area (Å²) >= 11 is 0. The van der Waals surface area contributed by atoms with Gasteiger partial charge in [0.1, 0.15) is 12.6 Å². The zero-order valence-electron chi connectivity index (χ0n) is 17.4. The average molecular weight is 409 g/mol. The third-order valence-electron chi connectivity index (χ3n) is 5.57. The van der Waals surface area contributed by atoms with Crippen LogP contribution in [-0.4, -0.2) is 79.5 Å². The maximum Gasteiger partial charge on any atom is 0.267 e. The average Bonchev–Trinajstić information content (AvgIpc) is 2.79. The number of likely N-dealkylation sites (N-methyl/N-ethyl adjacent to an activating group) is 1. The van der Waals surface area contributed by atoms with Gasteiger partial charge in [0.2, 0.25) is 12.0 Å². The molecule has 1 fully saturated rings. The molecule has 0 bridgehead atoms. The van der Waals surface area contributed by atoms with Gasteiger partial charge in [0, 0.05) is 40.3 Å². The molecule has 0 aromatic heterocycles. The zero-order valence-corrected chi connectivity index (χ0v) is 17.4. The van der Waals surface area contributed by atoms with Gasteiger partial charge in [-0.1, -0.05) is 42.5 Å². The Kier molecular flexibility index (Phi) is 5.90. The molecule has 0 N–H and O–H groups in total. The molecule has 2 aliphatic heterocycles. The minimum absolute atomic E-state index is 0.0431. The van der Waals surface area contributed by atoms with Crippen LogP contribution in [0.15, 0.2) is 54.6 Å². The molecule has 0 saturated carbocycles. The maximum atomic E-state index is 13.0. The van der Waals surface area contributed by atoms with E-state index in [4.69, 9.17) is 9.47 Å². The molecular weight excluding hydrogens is 382 g/mol. The summed E-state index contributed by atoms with van der Waals surface area (Å²) in [5.41, 5.74) is 0.969. The van der Waals surface area contributed by atoms with Crippen molar-refractivity contribution in [1.29, 1.82) is 0 Å². The molecule has 2 amide bonds. The summed E-state index contributed by atoms with van der Waals surface area (Å²) in [5.74, 6) is 1.24. The lowest BCUT2D eigenvalue weighted by Crippen LogP contribution is -2.55. The molecule has 1 saturated heterocycles. The lowest BCUT2D eigenvalue weighted by Gasteiger charge is -2.40. The number of para-hydroxylation sites is 2. The molecule has 0 radical (unpaired) electrons. The predicted molar refractivity (Wildman–Crippen MR) is 112 cm³/mol. The van der Waals surface area contributed by atoms with Gasteiger partial charge in [0.05, 0.1) is 0 Å². The summed E-state index contributed by atoms with van der Waals surface area (Å²) in [5, 5.41) is 0. The van der Waals surface area contributed by atoms with Gasteiger partial charge < -0.3 is 19.3 Å². The van der Waals surface area contributed by atoms with Gasteiger partial charge in [-0.25, -0.2) is 0 Å². The first-order chi connectivity index (χ1) is 14.5. The van der Waals surface area contributed by atoms with Gasteiger partial charge in [0.15, 0.2) is 11.5 Å². The van der Waals surface area contributed by atoms with Crippen molar-refractivity contribution >= 4 is 11.8 Å². The van der Waals surface area contributed by atoms with Crippen LogP contribution in [0.25, 0.3) is 0 Å². The zero-order chi connectivity index (χ0) is 21.1.